The summed E-state index contributed by atoms with van der Waals surface area (Å²) in [6, 6.07) is 2.05. The Morgan fingerprint density at radius 2 is 2.36 bits per heavy atom. The van der Waals surface area contributed by atoms with Crippen molar-refractivity contribution < 1.29 is 5.11 Å². The van der Waals surface area contributed by atoms with Gasteiger partial charge in [-0.2, -0.15) is 0 Å². The van der Waals surface area contributed by atoms with Gasteiger partial charge in [-0.3, -0.25) is 0 Å². The van der Waals surface area contributed by atoms with Crippen molar-refractivity contribution in [3.8, 4) is 10.6 Å². The van der Waals surface area contributed by atoms with Gasteiger partial charge in [0.05, 0.1) is 17.2 Å². The van der Waals surface area contributed by atoms with E-state index < -0.39 is 0 Å². The van der Waals surface area contributed by atoms with Gasteiger partial charge in [-0.25, -0.2) is 4.98 Å². The minimum absolute atomic E-state index is 0.0258. The van der Waals surface area contributed by atoms with Crippen LogP contribution < -0.4 is 0 Å². The van der Waals surface area contributed by atoms with Crippen molar-refractivity contribution in [3.05, 3.63) is 25.8 Å². The fourth-order valence-electron chi connectivity index (χ4n) is 1.18. The molecule has 2 aromatic rings. The first-order chi connectivity index (χ1) is 6.70. The summed E-state index contributed by atoms with van der Waals surface area (Å²) < 4.78 is 1.08. The van der Waals surface area contributed by atoms with E-state index in [1.54, 1.807) is 22.7 Å². The summed E-state index contributed by atoms with van der Waals surface area (Å²) in [5.41, 5.74) is 0.995. The second-order valence-electron chi connectivity index (χ2n) is 2.80. The summed E-state index contributed by atoms with van der Waals surface area (Å²) in [7, 11) is 0. The van der Waals surface area contributed by atoms with Crippen LogP contribution in [0.5, 0.6) is 0 Å². The number of halogens is 1. The zero-order chi connectivity index (χ0) is 10.1. The van der Waals surface area contributed by atoms with Crippen molar-refractivity contribution in [1.29, 1.82) is 0 Å². The van der Waals surface area contributed by atoms with E-state index in [0.717, 1.165) is 24.9 Å². The van der Waals surface area contributed by atoms with Crippen LogP contribution >= 0.6 is 38.6 Å². The predicted molar refractivity (Wildman–Crippen MR) is 63.8 cm³/mol. The molecule has 1 N–H and O–H groups in total. The minimum atomic E-state index is 0.0258. The molecule has 2 aromatic heterocycles. The minimum Gasteiger partial charge on any atom is -0.389 e. The van der Waals surface area contributed by atoms with Crippen LogP contribution in [-0.2, 0) is 6.61 Å². The van der Waals surface area contributed by atoms with Crippen LogP contribution in [-0.4, -0.2) is 10.1 Å². The monoisotopic (exact) mass is 289 g/mol. The molecule has 0 saturated carbocycles. The van der Waals surface area contributed by atoms with Crippen LogP contribution in [0.4, 0.5) is 0 Å². The number of aliphatic hydroxyl groups is 1. The molecular formula is C9H8BrNOS2. The Labute approximate surface area is 98.4 Å². The molecule has 0 fully saturated rings. The summed E-state index contributed by atoms with van der Waals surface area (Å²) in [5.74, 6) is 0. The number of hydrogen-bond acceptors (Lipinski definition) is 4. The molecule has 14 heavy (non-hydrogen) atoms. The van der Waals surface area contributed by atoms with E-state index in [-0.39, 0.29) is 6.61 Å². The first-order valence-corrected chi connectivity index (χ1v) is 6.51. The summed E-state index contributed by atoms with van der Waals surface area (Å²) >= 11 is 6.62. The van der Waals surface area contributed by atoms with Crippen LogP contribution in [0.2, 0.25) is 0 Å². The van der Waals surface area contributed by atoms with Gasteiger partial charge < -0.3 is 5.11 Å². The third kappa shape index (κ3) is 1.91. The van der Waals surface area contributed by atoms with Crippen molar-refractivity contribution in [2.75, 3.05) is 0 Å². The normalized spacial score (nSPS) is 10.8. The van der Waals surface area contributed by atoms with Gasteiger partial charge in [0.15, 0.2) is 0 Å². The highest BCUT2D eigenvalue weighted by Crippen LogP contribution is 2.33. The van der Waals surface area contributed by atoms with E-state index in [1.807, 2.05) is 18.4 Å². The molecule has 0 saturated heterocycles. The molecule has 0 radical (unpaired) electrons. The number of nitrogens with zero attached hydrogens (tertiary/aromatic N) is 1. The molecule has 0 atom stereocenters. The molecule has 0 amide bonds. The van der Waals surface area contributed by atoms with Crippen molar-refractivity contribution in [1.82, 2.24) is 4.98 Å². The highest BCUT2D eigenvalue weighted by Gasteiger charge is 2.10. The first kappa shape index (κ1) is 10.3. The van der Waals surface area contributed by atoms with Crippen molar-refractivity contribution in [2.24, 2.45) is 0 Å². The van der Waals surface area contributed by atoms with Gasteiger partial charge in [0.25, 0.3) is 0 Å². The highest BCUT2D eigenvalue weighted by atomic mass is 79.9. The number of hydrogen-bond donors (Lipinski definition) is 1. The van der Waals surface area contributed by atoms with E-state index in [4.69, 9.17) is 5.11 Å². The first-order valence-electron chi connectivity index (χ1n) is 4.02. The fraction of sp³-hybridized carbons (Fsp3) is 0.222. The Bertz CT molecular complexity index is 449. The Kier molecular flexibility index (Phi) is 3.02. The molecular weight excluding hydrogens is 282 g/mol. The van der Waals surface area contributed by atoms with Gasteiger partial charge in [-0.1, -0.05) is 0 Å². The molecule has 0 bridgehead atoms. The third-order valence-corrected chi connectivity index (χ3v) is 4.43. The van der Waals surface area contributed by atoms with Gasteiger partial charge >= 0.3 is 0 Å². The molecule has 0 aliphatic carbocycles. The Morgan fingerprint density at radius 1 is 1.57 bits per heavy atom. The van der Waals surface area contributed by atoms with Crippen LogP contribution in [0.15, 0.2) is 15.9 Å². The van der Waals surface area contributed by atoms with Gasteiger partial charge in [0, 0.05) is 14.7 Å². The van der Waals surface area contributed by atoms with Crippen LogP contribution in [0.3, 0.4) is 0 Å². The lowest BCUT2D eigenvalue weighted by Crippen LogP contribution is -1.80. The van der Waals surface area contributed by atoms with Gasteiger partial charge in [0.2, 0.25) is 0 Å². The summed E-state index contributed by atoms with van der Waals surface area (Å²) in [6.07, 6.45) is 0. The number of thiazole rings is 1. The van der Waals surface area contributed by atoms with Crippen LogP contribution in [0, 0.1) is 6.92 Å². The van der Waals surface area contributed by atoms with E-state index in [2.05, 4.69) is 20.9 Å². The zero-order valence-corrected chi connectivity index (χ0v) is 10.7. The molecule has 0 aliphatic rings. The van der Waals surface area contributed by atoms with Crippen LogP contribution in [0.1, 0.15) is 9.88 Å². The molecule has 0 aromatic carbocycles. The number of rotatable bonds is 2. The fourth-order valence-corrected chi connectivity index (χ4v) is 3.53. The lowest BCUT2D eigenvalue weighted by Gasteiger charge is -1.90. The molecule has 2 heterocycles. The van der Waals surface area contributed by atoms with E-state index >= 15 is 0 Å². The zero-order valence-electron chi connectivity index (χ0n) is 7.45. The average Bonchev–Trinajstić information content (AvgIpc) is 2.71. The number of aromatic nitrogens is 1. The topological polar surface area (TPSA) is 33.1 Å². The lowest BCUT2D eigenvalue weighted by molar-refractivity contribution is 0.281. The summed E-state index contributed by atoms with van der Waals surface area (Å²) in [5, 5.41) is 11.8. The second kappa shape index (κ2) is 4.10. The number of aliphatic hydroxyl groups excluding tert-OH is 1. The Morgan fingerprint density at radius 3 is 2.86 bits per heavy atom. The number of aryl methyl sites for hydroxylation is 1. The third-order valence-electron chi connectivity index (χ3n) is 1.78. The maximum Gasteiger partial charge on any atom is 0.119 e. The smallest absolute Gasteiger partial charge is 0.119 e. The molecule has 5 heteroatoms. The maximum atomic E-state index is 8.97. The summed E-state index contributed by atoms with van der Waals surface area (Å²) in [4.78, 5) is 6.67. The summed E-state index contributed by atoms with van der Waals surface area (Å²) in [6.45, 7) is 2.05. The number of thiophene rings is 1. The molecule has 0 spiro atoms. The van der Waals surface area contributed by atoms with Crippen molar-refractivity contribution in [2.45, 2.75) is 13.5 Å². The van der Waals surface area contributed by atoms with Crippen LogP contribution in [0.25, 0.3) is 10.6 Å². The van der Waals surface area contributed by atoms with Crippen molar-refractivity contribution in [3.63, 3.8) is 0 Å². The SMILES string of the molecule is Cc1sc(CO)nc1-c1cc(Br)cs1. The average molecular weight is 290 g/mol. The highest BCUT2D eigenvalue weighted by molar-refractivity contribution is 9.10. The lowest BCUT2D eigenvalue weighted by atomic mass is 10.3. The predicted octanol–water partition coefficient (Wildman–Crippen LogP) is 3.43. The van der Waals surface area contributed by atoms with E-state index in [0.29, 0.717) is 0 Å². The quantitative estimate of drug-likeness (QED) is 0.919. The molecule has 74 valence electrons. The molecule has 2 rings (SSSR count). The van der Waals surface area contributed by atoms with Gasteiger partial charge in [0.1, 0.15) is 5.01 Å². The largest absolute Gasteiger partial charge is 0.389 e. The maximum absolute atomic E-state index is 8.97. The molecule has 0 unspecified atom stereocenters. The molecule has 0 aliphatic heterocycles. The Hall–Kier alpha value is -0.230. The van der Waals surface area contributed by atoms with Gasteiger partial charge in [-0.05, 0) is 28.9 Å². The van der Waals surface area contributed by atoms with Crippen molar-refractivity contribution >= 4 is 38.6 Å². The standard InChI is InChI=1S/C9H8BrNOS2/c1-5-9(11-8(3-12)14-5)7-2-6(10)4-13-7/h2,4,12H,3H2,1H3. The van der Waals surface area contributed by atoms with E-state index in [9.17, 15) is 0 Å². The Balaban J connectivity index is 2.45. The van der Waals surface area contributed by atoms with E-state index in [1.165, 1.54) is 0 Å². The second-order valence-corrected chi connectivity index (χ2v) is 5.91. The van der Waals surface area contributed by atoms with Gasteiger partial charge in [-0.15, -0.1) is 22.7 Å². The molecule has 2 nitrogen and oxygen atoms in total.